The van der Waals surface area contributed by atoms with Gasteiger partial charge < -0.3 is 14.4 Å². The Morgan fingerprint density at radius 1 is 0.909 bits per heavy atom. The number of likely N-dealkylation sites (tertiary alicyclic amines) is 1. The molecule has 3 aromatic rings. The van der Waals surface area contributed by atoms with Crippen molar-refractivity contribution in [2.75, 3.05) is 6.54 Å². The molecule has 0 saturated carbocycles. The number of nitrogens with zero attached hydrogens (tertiary/aromatic N) is 1. The maximum Gasteiger partial charge on any atom is 0.410 e. The van der Waals surface area contributed by atoms with Crippen LogP contribution in [-0.2, 0) is 16.1 Å². The summed E-state index contributed by atoms with van der Waals surface area (Å²) in [5.41, 5.74) is 2.18. The summed E-state index contributed by atoms with van der Waals surface area (Å²) in [4.78, 5) is 27.3. The highest BCUT2D eigenvalue weighted by atomic mass is 35.5. The first-order chi connectivity index (χ1) is 16.0. The quantitative estimate of drug-likeness (QED) is 0.379. The average Bonchev–Trinajstić information content (AvgIpc) is 2.83. The SMILES string of the molecule is O=C(O[C@H]1CCN(C(=O)OCc2ccccc2)[C@@H](c2ccccc2)C1)c1cc(Cl)cc(Cl)c1. The van der Waals surface area contributed by atoms with Crippen LogP contribution < -0.4 is 0 Å². The van der Waals surface area contributed by atoms with Crippen molar-refractivity contribution in [2.24, 2.45) is 0 Å². The summed E-state index contributed by atoms with van der Waals surface area (Å²) in [6, 6.07) is 23.6. The maximum atomic E-state index is 12.9. The smallest absolute Gasteiger partial charge is 0.410 e. The summed E-state index contributed by atoms with van der Waals surface area (Å²) in [5, 5.41) is 0.736. The molecule has 4 rings (SSSR count). The molecule has 33 heavy (non-hydrogen) atoms. The Labute approximate surface area is 202 Å². The molecule has 1 saturated heterocycles. The Morgan fingerprint density at radius 3 is 2.21 bits per heavy atom. The Balaban J connectivity index is 1.46. The second kappa shape index (κ2) is 10.7. The van der Waals surface area contributed by atoms with Crippen LogP contribution >= 0.6 is 23.2 Å². The van der Waals surface area contributed by atoms with Crippen LogP contribution in [0.3, 0.4) is 0 Å². The van der Waals surface area contributed by atoms with Crippen molar-refractivity contribution in [3.8, 4) is 0 Å². The van der Waals surface area contributed by atoms with Crippen molar-refractivity contribution in [3.05, 3.63) is 106 Å². The fraction of sp³-hybridized carbons (Fsp3) is 0.231. The molecule has 1 heterocycles. The first-order valence-corrected chi connectivity index (χ1v) is 11.4. The molecule has 0 N–H and O–H groups in total. The molecule has 0 unspecified atom stereocenters. The van der Waals surface area contributed by atoms with E-state index in [2.05, 4.69) is 0 Å². The molecule has 0 spiro atoms. The molecule has 0 aliphatic carbocycles. The van der Waals surface area contributed by atoms with Crippen LogP contribution in [0, 0.1) is 0 Å². The normalized spacial score (nSPS) is 17.9. The number of carbonyl (C=O) groups excluding carboxylic acids is 2. The third kappa shape index (κ3) is 6.06. The van der Waals surface area contributed by atoms with E-state index in [-0.39, 0.29) is 24.8 Å². The first-order valence-electron chi connectivity index (χ1n) is 10.7. The van der Waals surface area contributed by atoms with E-state index in [9.17, 15) is 9.59 Å². The topological polar surface area (TPSA) is 55.8 Å². The van der Waals surface area contributed by atoms with E-state index in [4.69, 9.17) is 32.7 Å². The highest BCUT2D eigenvalue weighted by Crippen LogP contribution is 2.33. The highest BCUT2D eigenvalue weighted by Gasteiger charge is 2.35. The second-order valence-electron chi connectivity index (χ2n) is 7.87. The van der Waals surface area contributed by atoms with E-state index in [1.807, 2.05) is 60.7 Å². The van der Waals surface area contributed by atoms with Crippen LogP contribution in [0.25, 0.3) is 0 Å². The van der Waals surface area contributed by atoms with E-state index in [1.165, 1.54) is 12.1 Å². The Hall–Kier alpha value is -3.02. The van der Waals surface area contributed by atoms with Crippen molar-refractivity contribution >= 4 is 35.3 Å². The lowest BCUT2D eigenvalue weighted by atomic mass is 9.93. The molecular weight excluding hydrogens is 461 g/mol. The maximum absolute atomic E-state index is 12.9. The van der Waals surface area contributed by atoms with Crippen LogP contribution in [0.4, 0.5) is 4.79 Å². The van der Waals surface area contributed by atoms with Crippen LogP contribution in [0.2, 0.25) is 10.0 Å². The molecular formula is C26H23Cl2NO4. The van der Waals surface area contributed by atoms with Crippen LogP contribution in [0.15, 0.2) is 78.9 Å². The van der Waals surface area contributed by atoms with Gasteiger partial charge in [-0.2, -0.15) is 0 Å². The van der Waals surface area contributed by atoms with Gasteiger partial charge in [-0.1, -0.05) is 83.9 Å². The summed E-state index contributed by atoms with van der Waals surface area (Å²) < 4.78 is 11.3. The van der Waals surface area contributed by atoms with Gasteiger partial charge in [0, 0.05) is 29.4 Å². The van der Waals surface area contributed by atoms with Crippen molar-refractivity contribution in [1.82, 2.24) is 4.90 Å². The molecule has 1 amide bonds. The van der Waals surface area contributed by atoms with Gasteiger partial charge in [0.25, 0.3) is 0 Å². The van der Waals surface area contributed by atoms with Gasteiger partial charge >= 0.3 is 12.1 Å². The zero-order chi connectivity index (χ0) is 23.2. The Kier molecular flexibility index (Phi) is 7.53. The minimum Gasteiger partial charge on any atom is -0.459 e. The standard InChI is InChI=1S/C26H23Cl2NO4/c27-21-13-20(14-22(28)15-21)25(30)33-23-11-12-29(24(16-23)19-9-5-2-6-10-19)26(31)32-17-18-7-3-1-4-8-18/h1-10,13-15,23-24H,11-12,16-17H2/t23-,24+/m0/s1. The summed E-state index contributed by atoms with van der Waals surface area (Å²) in [6.45, 7) is 0.604. The van der Waals surface area contributed by atoms with Crippen LogP contribution in [-0.4, -0.2) is 29.6 Å². The summed E-state index contributed by atoms with van der Waals surface area (Å²) in [7, 11) is 0. The van der Waals surface area contributed by atoms with Gasteiger partial charge in [0.1, 0.15) is 12.7 Å². The molecule has 1 aliphatic heterocycles. The first kappa shape index (κ1) is 23.1. The predicted octanol–water partition coefficient (Wildman–Crippen LogP) is 6.69. The Morgan fingerprint density at radius 2 is 1.55 bits per heavy atom. The van der Waals surface area contributed by atoms with E-state index in [0.717, 1.165) is 11.1 Å². The lowest BCUT2D eigenvalue weighted by Crippen LogP contribution is -2.44. The van der Waals surface area contributed by atoms with Gasteiger partial charge in [-0.25, -0.2) is 9.59 Å². The van der Waals surface area contributed by atoms with Gasteiger partial charge in [-0.3, -0.25) is 0 Å². The van der Waals surface area contributed by atoms with Crippen LogP contribution in [0.1, 0.15) is 40.4 Å². The number of rotatable bonds is 5. The second-order valence-corrected chi connectivity index (χ2v) is 8.74. The minimum absolute atomic E-state index is 0.200. The molecule has 2 atom stereocenters. The summed E-state index contributed by atoms with van der Waals surface area (Å²) in [6.07, 6.45) is 0.214. The van der Waals surface area contributed by atoms with E-state index in [0.29, 0.717) is 35.0 Å². The number of amides is 1. The number of hydrogen-bond acceptors (Lipinski definition) is 4. The fourth-order valence-corrected chi connectivity index (χ4v) is 4.47. The lowest BCUT2D eigenvalue weighted by Gasteiger charge is -2.38. The fourth-order valence-electron chi connectivity index (χ4n) is 3.94. The minimum atomic E-state index is -0.490. The number of esters is 1. The zero-order valence-corrected chi connectivity index (χ0v) is 19.3. The number of piperidine rings is 1. The van der Waals surface area contributed by atoms with Gasteiger partial charge in [-0.05, 0) is 29.3 Å². The van der Waals surface area contributed by atoms with E-state index in [1.54, 1.807) is 11.0 Å². The van der Waals surface area contributed by atoms with Crippen molar-refractivity contribution < 1.29 is 19.1 Å². The summed E-state index contributed by atoms with van der Waals surface area (Å²) in [5.74, 6) is -0.490. The third-order valence-electron chi connectivity index (χ3n) is 5.55. The Bertz CT molecular complexity index is 1090. The predicted molar refractivity (Wildman–Crippen MR) is 127 cm³/mol. The molecule has 170 valence electrons. The number of halogens is 2. The number of benzene rings is 3. The van der Waals surface area contributed by atoms with Gasteiger partial charge in [-0.15, -0.1) is 0 Å². The largest absolute Gasteiger partial charge is 0.459 e. The molecule has 1 fully saturated rings. The van der Waals surface area contributed by atoms with Crippen LogP contribution in [0.5, 0.6) is 0 Å². The number of ether oxygens (including phenoxy) is 2. The van der Waals surface area contributed by atoms with E-state index >= 15 is 0 Å². The van der Waals surface area contributed by atoms with Gasteiger partial charge in [0.15, 0.2) is 0 Å². The zero-order valence-electron chi connectivity index (χ0n) is 17.8. The molecule has 3 aromatic carbocycles. The molecule has 5 nitrogen and oxygen atoms in total. The van der Waals surface area contributed by atoms with E-state index < -0.39 is 5.97 Å². The molecule has 0 aromatic heterocycles. The van der Waals surface area contributed by atoms with Gasteiger partial charge in [0.05, 0.1) is 11.6 Å². The highest BCUT2D eigenvalue weighted by molar-refractivity contribution is 6.35. The number of carbonyl (C=O) groups is 2. The van der Waals surface area contributed by atoms with Crippen molar-refractivity contribution in [3.63, 3.8) is 0 Å². The van der Waals surface area contributed by atoms with Crippen molar-refractivity contribution in [1.29, 1.82) is 0 Å². The number of hydrogen-bond donors (Lipinski definition) is 0. The third-order valence-corrected chi connectivity index (χ3v) is 5.99. The van der Waals surface area contributed by atoms with Gasteiger partial charge in [0.2, 0.25) is 0 Å². The molecule has 7 heteroatoms. The summed E-state index contributed by atoms with van der Waals surface area (Å²) >= 11 is 12.0. The molecule has 1 aliphatic rings. The van der Waals surface area contributed by atoms with Crippen molar-refractivity contribution in [2.45, 2.75) is 31.6 Å². The lowest BCUT2D eigenvalue weighted by molar-refractivity contribution is -0.00508. The average molecular weight is 484 g/mol. The molecule has 0 bridgehead atoms. The monoisotopic (exact) mass is 483 g/mol. The molecule has 0 radical (unpaired) electrons.